The molecule has 0 radical (unpaired) electrons. The monoisotopic (exact) mass is 1790 g/mol. The lowest BCUT2D eigenvalue weighted by atomic mass is 9.85. The van der Waals surface area contributed by atoms with Crippen molar-refractivity contribution in [1.29, 1.82) is 0 Å². The topological polar surface area (TPSA) is 590 Å². The first-order chi connectivity index (χ1) is 59.1. The Hall–Kier alpha value is -12.0. The second kappa shape index (κ2) is 38.2. The van der Waals surface area contributed by atoms with Crippen LogP contribution in [0.4, 0.5) is 19.0 Å². The molecule has 18 atom stereocenters. The number of benzene rings is 6. The number of phenolic OH excluding ortho intramolecular Hbond substituents is 3. The second-order valence-electron chi connectivity index (χ2n) is 30.8. The number of halogens is 5. The molecule has 39 nitrogen and oxygen atoms in total. The van der Waals surface area contributed by atoms with Gasteiger partial charge in [-0.15, -0.1) is 13.2 Å². The molecule has 2 saturated heterocycles. The summed E-state index contributed by atoms with van der Waals surface area (Å²) in [4.78, 5) is 148. The summed E-state index contributed by atoms with van der Waals surface area (Å²) in [6, 6.07) is 4.50. The standard InChI is InChI=1S/C81H87Cl2F3N12O27/c1-32(2)19-45(88-5)71(110)96-62-64(105)36-10-13-49(43(82)23-36)120-51-25-38-26-52(68(51)124-78-69(67(108)66(107)53(31-99)122-78)123-57-30-80(4,70(109)33(3)119-57)89-16-18-98-17-15-55(92-79(98)118)91-56(104)21-34-7-6-8-40(20-34)125-81(84,85)86)121-50-14-11-37(24-44(50)83)65(106)63-76(115)95-61(77(116)117)42-27-39(100)28-48(102)58(42)41-22-35(9-12-47(41)101)59(73(112)97-63)94-74(113)60(38)93-72(111)46(29-54(87)103)90-75(62)114/h6-15,17,20,22-28,32-33,45-46,53,57,59-67,69-70,78,88-89,99-102,105-109H,16,18-19,21,29-31H2,1-5H3,(H2,87,103)(H,90,114)(H,93,111)(H,94,113)(H,95,115)(H,96,110)(H,97,112)(H,116,117)(H,91,92,104,118)/t33-,45+,46+,53+,57+,59+,60?,61-,62-,63-,64-,65-,66-,67-,69-,70+,78?,80?/m1/s1. The van der Waals surface area contributed by atoms with Gasteiger partial charge in [0.05, 0.1) is 47.7 Å². The zero-order valence-corrected chi connectivity index (χ0v) is 68.1. The van der Waals surface area contributed by atoms with Crippen LogP contribution in [0.2, 0.25) is 10.0 Å². The molecule has 0 aliphatic carbocycles. The zero-order valence-electron chi connectivity index (χ0n) is 66.6. The lowest BCUT2D eigenvalue weighted by molar-refractivity contribution is -0.334. The molecule has 21 N–H and O–H groups in total. The van der Waals surface area contributed by atoms with Gasteiger partial charge in [-0.05, 0) is 134 Å². The van der Waals surface area contributed by atoms with Crippen LogP contribution in [0.1, 0.15) is 111 Å². The fourth-order valence-corrected chi connectivity index (χ4v) is 15.4. The molecule has 1 aromatic heterocycles. The fourth-order valence-electron chi connectivity index (χ4n) is 15.0. The van der Waals surface area contributed by atoms with E-state index in [4.69, 9.17) is 57.4 Å². The Morgan fingerprint density at radius 1 is 0.736 bits per heavy atom. The number of aliphatic hydroxyl groups excluding tert-OH is 6. The van der Waals surface area contributed by atoms with Crippen molar-refractivity contribution in [1.82, 2.24) is 52.1 Å². The first-order valence-corrected chi connectivity index (χ1v) is 39.5. The Bertz CT molecular complexity index is 5390. The molecule has 8 amide bonds. The van der Waals surface area contributed by atoms with Gasteiger partial charge in [0.15, 0.2) is 29.9 Å². The van der Waals surface area contributed by atoms with Crippen LogP contribution in [-0.2, 0) is 70.3 Å². The molecule has 11 bridgehead atoms. The Morgan fingerprint density at radius 2 is 1.38 bits per heavy atom. The van der Waals surface area contributed by atoms with Crippen LogP contribution in [0, 0.1) is 5.92 Å². The molecule has 3 unspecified atom stereocenters. The van der Waals surface area contributed by atoms with Crippen molar-refractivity contribution in [3.63, 3.8) is 0 Å². The molecular formula is C81H87Cl2F3N12O27. The number of carbonyl (C=O) groups is 9. The summed E-state index contributed by atoms with van der Waals surface area (Å²) in [6.45, 7) is 5.28. The van der Waals surface area contributed by atoms with Crippen molar-refractivity contribution >= 4 is 82.2 Å². The number of nitrogens with zero attached hydrogens (tertiary/aromatic N) is 2. The van der Waals surface area contributed by atoms with E-state index in [1.165, 1.54) is 44.4 Å². The summed E-state index contributed by atoms with van der Waals surface area (Å²) >= 11 is 14.3. The number of aliphatic hydroxyl groups is 6. The zero-order chi connectivity index (χ0) is 90.7. The second-order valence-corrected chi connectivity index (χ2v) is 31.6. The summed E-state index contributed by atoms with van der Waals surface area (Å²) in [6.07, 6.45) is -24.1. The Kier molecular flexibility index (Phi) is 28.2. The number of rotatable bonds is 21. The number of likely N-dealkylation sites (N-methyl/N-ethyl adjacent to an activating group) is 1. The van der Waals surface area contributed by atoms with Crippen molar-refractivity contribution in [2.24, 2.45) is 11.7 Å². The number of aliphatic carboxylic acids is 1. The average Bonchev–Trinajstić information content (AvgIpc) is 0.772. The number of ether oxygens (including phenoxy) is 7. The highest BCUT2D eigenvalue weighted by Gasteiger charge is 2.52. The number of carboxylic acids is 1. The molecule has 2 fully saturated rings. The number of anilines is 1. The Balaban J connectivity index is 0.975. The van der Waals surface area contributed by atoms with Crippen LogP contribution in [-0.4, -0.2) is 219 Å². The lowest BCUT2D eigenvalue weighted by Crippen LogP contribution is -2.65. The van der Waals surface area contributed by atoms with Crippen LogP contribution in [0.3, 0.4) is 0 Å². The van der Waals surface area contributed by atoms with E-state index in [1.54, 1.807) is 20.8 Å². The van der Waals surface area contributed by atoms with Crippen molar-refractivity contribution in [3.05, 3.63) is 169 Å². The van der Waals surface area contributed by atoms with Crippen molar-refractivity contribution in [3.8, 4) is 62.9 Å². The summed E-state index contributed by atoms with van der Waals surface area (Å²) in [5, 5.41) is 138. The van der Waals surface area contributed by atoms with Crippen LogP contribution in [0.5, 0.6) is 51.7 Å². The van der Waals surface area contributed by atoms with Crippen molar-refractivity contribution in [2.75, 3.05) is 25.5 Å². The molecule has 6 aromatic carbocycles. The van der Waals surface area contributed by atoms with Gasteiger partial charge in [0.1, 0.15) is 101 Å². The Labute approximate surface area is 716 Å². The molecular weight excluding hydrogens is 1700 g/mol. The maximum absolute atomic E-state index is 16.2. The number of amides is 8. The third kappa shape index (κ3) is 21.2. The minimum absolute atomic E-state index is 0.112. The number of phenols is 3. The van der Waals surface area contributed by atoms with Crippen molar-refractivity contribution in [2.45, 2.75) is 176 Å². The molecule has 7 aromatic rings. The minimum atomic E-state index is -4.99. The highest BCUT2D eigenvalue weighted by Crippen LogP contribution is 2.50. The van der Waals surface area contributed by atoms with Gasteiger partial charge in [-0.2, -0.15) is 4.98 Å². The van der Waals surface area contributed by atoms with E-state index in [9.17, 15) is 97.8 Å². The van der Waals surface area contributed by atoms with E-state index in [1.807, 2.05) is 0 Å². The number of primary amides is 1. The number of hydrogen-bond donors (Lipinski definition) is 20. The maximum Gasteiger partial charge on any atom is 0.573 e. The lowest BCUT2D eigenvalue weighted by Gasteiger charge is -2.48. The quantitative estimate of drug-likeness (QED) is 0.0490. The number of alkyl halides is 3. The maximum atomic E-state index is 16.2. The van der Waals surface area contributed by atoms with Crippen LogP contribution in [0.15, 0.2) is 120 Å². The largest absolute Gasteiger partial charge is 0.573 e. The predicted molar refractivity (Wildman–Crippen MR) is 427 cm³/mol. The number of nitrogens with one attached hydrogen (secondary N) is 9. The third-order valence-corrected chi connectivity index (χ3v) is 21.8. The van der Waals surface area contributed by atoms with Crippen LogP contribution in [0.25, 0.3) is 11.1 Å². The molecule has 7 aliphatic rings. The van der Waals surface area contributed by atoms with Gasteiger partial charge in [0.25, 0.3) is 0 Å². The fraction of sp³-hybridized carbons (Fsp3) is 0.395. The summed E-state index contributed by atoms with van der Waals surface area (Å²) in [7, 11) is 1.45. The average molecular weight is 1790 g/mol. The summed E-state index contributed by atoms with van der Waals surface area (Å²) < 4.78 is 82.9. The van der Waals surface area contributed by atoms with Crippen LogP contribution >= 0.6 is 23.2 Å². The molecule has 668 valence electrons. The normalized spacial score (nSPS) is 26.1. The van der Waals surface area contributed by atoms with Gasteiger partial charge >= 0.3 is 18.0 Å². The molecule has 44 heteroatoms. The van der Waals surface area contributed by atoms with Crippen molar-refractivity contribution < 1.29 is 141 Å². The highest BCUT2D eigenvalue weighted by molar-refractivity contribution is 6.32. The number of hydrogen-bond acceptors (Lipinski definition) is 29. The highest BCUT2D eigenvalue weighted by atomic mass is 35.5. The van der Waals surface area contributed by atoms with Gasteiger partial charge in [0.2, 0.25) is 59.3 Å². The number of fused-ring (bicyclic) bond motifs is 15. The number of aromatic hydroxyl groups is 3. The van der Waals surface area contributed by atoms with E-state index in [0.29, 0.717) is 0 Å². The predicted octanol–water partition coefficient (Wildman–Crippen LogP) is 2.07. The number of carbonyl (C=O) groups excluding carboxylic acids is 8. The summed E-state index contributed by atoms with van der Waals surface area (Å²) in [5.41, 5.74) is 0.449. The van der Waals surface area contributed by atoms with Crippen LogP contribution < -0.4 is 78.2 Å². The van der Waals surface area contributed by atoms with Gasteiger partial charge in [-0.1, -0.05) is 67.4 Å². The smallest absolute Gasteiger partial charge is 0.508 e. The van der Waals surface area contributed by atoms with E-state index >= 15 is 14.4 Å². The molecule has 125 heavy (non-hydrogen) atoms. The molecule has 8 heterocycles. The minimum Gasteiger partial charge on any atom is -0.508 e. The number of nitrogens with two attached hydrogens (primary N) is 1. The molecule has 14 rings (SSSR count). The molecule has 7 aliphatic heterocycles. The van der Waals surface area contributed by atoms with E-state index in [2.05, 4.69) is 57.6 Å². The first kappa shape index (κ1) is 92.1. The Morgan fingerprint density at radius 3 is 2.01 bits per heavy atom. The molecule has 0 spiro atoms. The SMILES string of the molecule is CN[C@@H](CC(C)C)C(=O)N[C@H]1C(=O)N[C@@H](CC(N)=O)C(=O)NC2C(=O)N[C@@H]3C(=O)N[C@@H](C(=O)N[C@@H](C(=O)O)c4cc(O)cc(O)c4-c4cc3ccc4O)[C@H](O)c3ccc(c(Cl)c3)Oc3cc2cc(c3OC2O[C@@H](CO)[C@@H](O)[C@@H](O)[C@H]2O[C@H]2CC(C)(NCCn3ccc(NC(=O)Cc4cccc(OC(F)(F)F)c4)nc3=O)[C@@H](O)[C@@H](C)O2)Oc2ccc(cc2Cl)[C@H]1O. The van der Waals surface area contributed by atoms with E-state index < -0.39 is 284 Å². The molecule has 0 saturated carbocycles. The van der Waals surface area contributed by atoms with Gasteiger partial charge in [-0.25, -0.2) is 9.59 Å². The number of carboxylic acid groups (broad SMARTS) is 1. The van der Waals surface area contributed by atoms with Gasteiger partial charge in [-0.3, -0.25) is 42.9 Å². The van der Waals surface area contributed by atoms with E-state index in [0.717, 1.165) is 89.5 Å². The van der Waals surface area contributed by atoms with Gasteiger partial charge in [0, 0.05) is 54.0 Å². The number of aromatic nitrogens is 2. The van der Waals surface area contributed by atoms with Gasteiger partial charge < -0.3 is 138 Å². The third-order valence-electron chi connectivity index (χ3n) is 21.3. The van der Waals surface area contributed by atoms with E-state index in [-0.39, 0.29) is 54.4 Å². The first-order valence-electron chi connectivity index (χ1n) is 38.7. The summed E-state index contributed by atoms with van der Waals surface area (Å²) in [5.74, 6) is -18.3.